The van der Waals surface area contributed by atoms with Crippen molar-refractivity contribution in [3.8, 4) is 11.5 Å². The summed E-state index contributed by atoms with van der Waals surface area (Å²) in [6, 6.07) is 6.16. The minimum absolute atomic E-state index is 0.112. The summed E-state index contributed by atoms with van der Waals surface area (Å²) in [5.41, 5.74) is 0.201. The van der Waals surface area contributed by atoms with Crippen LogP contribution in [0.2, 0.25) is 0 Å². The van der Waals surface area contributed by atoms with Crippen LogP contribution in [0.4, 0.5) is 5.69 Å². The molecule has 1 aromatic carbocycles. The van der Waals surface area contributed by atoms with E-state index in [1.165, 1.54) is 25.8 Å². The Morgan fingerprint density at radius 1 is 1.03 bits per heavy atom. The summed E-state index contributed by atoms with van der Waals surface area (Å²) in [5, 5.41) is 10.3. The van der Waals surface area contributed by atoms with Gasteiger partial charge in [-0.25, -0.2) is 0 Å². The van der Waals surface area contributed by atoms with Crippen molar-refractivity contribution in [1.29, 1.82) is 0 Å². The second kappa shape index (κ2) is 8.99. The van der Waals surface area contributed by atoms with Crippen molar-refractivity contribution in [2.75, 3.05) is 44.4 Å². The highest BCUT2D eigenvalue weighted by Crippen LogP contribution is 2.41. The first-order valence-corrected chi connectivity index (χ1v) is 12.2. The van der Waals surface area contributed by atoms with Crippen molar-refractivity contribution in [2.24, 2.45) is 11.8 Å². The maximum Gasteiger partial charge on any atom is 0.231 e. The molecule has 0 radical (unpaired) electrons. The third-order valence-electron chi connectivity index (χ3n) is 8.08. The lowest BCUT2D eigenvalue weighted by molar-refractivity contribution is -0.147. The van der Waals surface area contributed by atoms with Gasteiger partial charge in [0.25, 0.3) is 0 Å². The number of carbonyl (C=O) groups is 1. The molecule has 1 N–H and O–H groups in total. The molecule has 0 bridgehead atoms. The van der Waals surface area contributed by atoms with Crippen LogP contribution in [-0.4, -0.2) is 60.9 Å². The number of ether oxygens (including phenoxy) is 2. The molecule has 31 heavy (non-hydrogen) atoms. The number of piperazine rings is 1. The molecule has 2 saturated carbocycles. The molecule has 6 nitrogen and oxygen atoms in total. The molecule has 5 rings (SSSR count). The lowest BCUT2D eigenvalue weighted by atomic mass is 9.72. The van der Waals surface area contributed by atoms with Gasteiger partial charge in [0, 0.05) is 32.6 Å². The summed E-state index contributed by atoms with van der Waals surface area (Å²) >= 11 is 0. The molecule has 2 aliphatic heterocycles. The molecule has 0 unspecified atom stereocenters. The summed E-state index contributed by atoms with van der Waals surface area (Å²) < 4.78 is 11.2. The number of carbonyl (C=O) groups excluding carboxylic acids is 1. The Morgan fingerprint density at radius 3 is 2.48 bits per heavy atom. The second-order valence-electron chi connectivity index (χ2n) is 10.0. The molecule has 170 valence electrons. The van der Waals surface area contributed by atoms with Gasteiger partial charge < -0.3 is 19.5 Å². The van der Waals surface area contributed by atoms with Gasteiger partial charge in [-0.3, -0.25) is 9.69 Å². The Morgan fingerprint density at radius 2 is 1.77 bits per heavy atom. The molecule has 1 saturated heterocycles. The molecule has 2 heterocycles. The van der Waals surface area contributed by atoms with E-state index in [2.05, 4.69) is 15.9 Å². The van der Waals surface area contributed by atoms with E-state index in [4.69, 9.17) is 9.47 Å². The molecule has 0 atom stereocenters. The molecule has 0 amide bonds. The van der Waals surface area contributed by atoms with Gasteiger partial charge in [0.2, 0.25) is 6.79 Å². The summed E-state index contributed by atoms with van der Waals surface area (Å²) in [6.45, 7) is 5.73. The molecule has 6 heteroatoms. The number of hydrogen-bond acceptors (Lipinski definition) is 6. The lowest BCUT2D eigenvalue weighted by Gasteiger charge is -2.38. The quantitative estimate of drug-likeness (QED) is 0.716. The molecule has 3 fully saturated rings. The Kier molecular flexibility index (Phi) is 6.11. The molecule has 0 spiro atoms. The summed E-state index contributed by atoms with van der Waals surface area (Å²) in [5.74, 6) is 3.16. The van der Waals surface area contributed by atoms with Gasteiger partial charge in [-0.15, -0.1) is 0 Å². The molecule has 0 aromatic heterocycles. The van der Waals surface area contributed by atoms with E-state index in [0.717, 1.165) is 68.5 Å². The average Bonchev–Trinajstić information content (AvgIpc) is 3.26. The van der Waals surface area contributed by atoms with Crippen molar-refractivity contribution in [3.05, 3.63) is 18.2 Å². The van der Waals surface area contributed by atoms with Gasteiger partial charge in [0.15, 0.2) is 17.3 Å². The van der Waals surface area contributed by atoms with Crippen molar-refractivity contribution in [2.45, 2.75) is 63.4 Å². The van der Waals surface area contributed by atoms with E-state index in [9.17, 15) is 9.90 Å². The van der Waals surface area contributed by atoms with E-state index in [1.54, 1.807) is 0 Å². The minimum Gasteiger partial charge on any atom is -0.454 e. The Bertz CT molecular complexity index is 778. The van der Waals surface area contributed by atoms with E-state index in [0.29, 0.717) is 32.0 Å². The number of anilines is 1. The van der Waals surface area contributed by atoms with Crippen LogP contribution in [0.25, 0.3) is 0 Å². The SMILES string of the molecule is O=C(CC1CCC(CCN2CCN(c3cccc4c3OCO4)CC2)CC1)C1(O)CCC1. The average molecular weight is 429 g/mol. The van der Waals surface area contributed by atoms with Gasteiger partial charge in [-0.1, -0.05) is 18.9 Å². The van der Waals surface area contributed by atoms with E-state index >= 15 is 0 Å². The number of benzene rings is 1. The van der Waals surface area contributed by atoms with E-state index in [-0.39, 0.29) is 5.78 Å². The zero-order valence-electron chi connectivity index (χ0n) is 18.6. The summed E-state index contributed by atoms with van der Waals surface area (Å²) in [4.78, 5) is 17.4. The van der Waals surface area contributed by atoms with Crippen LogP contribution in [0.15, 0.2) is 18.2 Å². The van der Waals surface area contributed by atoms with Crippen molar-refractivity contribution in [3.63, 3.8) is 0 Å². The third-order valence-corrected chi connectivity index (χ3v) is 8.08. The Hall–Kier alpha value is -1.79. The predicted octanol–water partition coefficient (Wildman–Crippen LogP) is 3.61. The van der Waals surface area contributed by atoms with Crippen LogP contribution in [0.5, 0.6) is 11.5 Å². The molecular weight excluding hydrogens is 392 g/mol. The zero-order valence-corrected chi connectivity index (χ0v) is 18.6. The number of hydrogen-bond donors (Lipinski definition) is 1. The van der Waals surface area contributed by atoms with Crippen LogP contribution in [0, 0.1) is 11.8 Å². The molecule has 2 aliphatic carbocycles. The van der Waals surface area contributed by atoms with Crippen LogP contribution < -0.4 is 14.4 Å². The normalized spacial score (nSPS) is 27.7. The van der Waals surface area contributed by atoms with Crippen molar-refractivity contribution in [1.82, 2.24) is 4.90 Å². The number of aliphatic hydroxyl groups is 1. The third kappa shape index (κ3) is 4.56. The van der Waals surface area contributed by atoms with Crippen LogP contribution >= 0.6 is 0 Å². The first-order chi connectivity index (χ1) is 15.1. The second-order valence-corrected chi connectivity index (χ2v) is 10.0. The highest BCUT2D eigenvalue weighted by atomic mass is 16.7. The topological polar surface area (TPSA) is 62.2 Å². The van der Waals surface area contributed by atoms with Crippen LogP contribution in [0.3, 0.4) is 0 Å². The number of nitrogens with zero attached hydrogens (tertiary/aromatic N) is 2. The maximum absolute atomic E-state index is 12.3. The van der Waals surface area contributed by atoms with Gasteiger partial charge in [-0.2, -0.15) is 0 Å². The smallest absolute Gasteiger partial charge is 0.231 e. The van der Waals surface area contributed by atoms with Crippen LogP contribution in [-0.2, 0) is 4.79 Å². The fourth-order valence-electron chi connectivity index (χ4n) is 5.71. The highest BCUT2D eigenvalue weighted by Gasteiger charge is 2.42. The number of rotatable bonds is 7. The van der Waals surface area contributed by atoms with Crippen LogP contribution in [0.1, 0.15) is 57.8 Å². The van der Waals surface area contributed by atoms with E-state index in [1.807, 2.05) is 12.1 Å². The number of fused-ring (bicyclic) bond motifs is 1. The van der Waals surface area contributed by atoms with Gasteiger partial charge >= 0.3 is 0 Å². The maximum atomic E-state index is 12.3. The summed E-state index contributed by atoms with van der Waals surface area (Å²) in [6.07, 6.45) is 9.02. The van der Waals surface area contributed by atoms with Gasteiger partial charge in [-0.05, 0) is 69.0 Å². The van der Waals surface area contributed by atoms with Gasteiger partial charge in [0.05, 0.1) is 5.69 Å². The Labute approximate surface area is 185 Å². The predicted molar refractivity (Wildman–Crippen MR) is 120 cm³/mol. The number of ketones is 1. The van der Waals surface area contributed by atoms with E-state index < -0.39 is 5.60 Å². The first kappa shape index (κ1) is 21.1. The standard InChI is InChI=1S/C25H36N2O4/c28-23(25(29)10-2-11-25)17-20-7-5-19(6-8-20)9-12-26-13-15-27(16-14-26)21-3-1-4-22-24(21)31-18-30-22/h1,3-4,19-20,29H,2,5-18H2. The molecule has 1 aromatic rings. The number of Topliss-reactive ketones (excluding diaryl/α,β-unsaturated/α-hetero) is 1. The largest absolute Gasteiger partial charge is 0.454 e. The fraction of sp³-hybridized carbons (Fsp3) is 0.720. The Balaban J connectivity index is 1.02. The van der Waals surface area contributed by atoms with Gasteiger partial charge in [0.1, 0.15) is 5.60 Å². The first-order valence-electron chi connectivity index (χ1n) is 12.2. The monoisotopic (exact) mass is 428 g/mol. The molecular formula is C25H36N2O4. The highest BCUT2D eigenvalue weighted by molar-refractivity contribution is 5.88. The fourth-order valence-corrected chi connectivity index (χ4v) is 5.71. The summed E-state index contributed by atoms with van der Waals surface area (Å²) in [7, 11) is 0. The zero-order chi connectivity index (χ0) is 21.3. The number of para-hydroxylation sites is 1. The lowest BCUT2D eigenvalue weighted by Crippen LogP contribution is -2.47. The molecule has 4 aliphatic rings. The van der Waals surface area contributed by atoms with Crippen molar-refractivity contribution < 1.29 is 19.4 Å². The minimum atomic E-state index is -0.960. The van der Waals surface area contributed by atoms with Crippen molar-refractivity contribution >= 4 is 11.5 Å².